The number of amides is 1. The van der Waals surface area contributed by atoms with Crippen molar-refractivity contribution in [3.8, 4) is 17.1 Å². The van der Waals surface area contributed by atoms with Crippen molar-refractivity contribution in [2.45, 2.75) is 26.8 Å². The third-order valence-electron chi connectivity index (χ3n) is 5.32. The van der Waals surface area contributed by atoms with E-state index >= 15 is 0 Å². The molecule has 1 aromatic heterocycles. The van der Waals surface area contributed by atoms with Gasteiger partial charge in [-0.2, -0.15) is 0 Å². The van der Waals surface area contributed by atoms with Crippen LogP contribution in [0.1, 0.15) is 34.8 Å². The predicted molar refractivity (Wildman–Crippen MR) is 127 cm³/mol. The van der Waals surface area contributed by atoms with Gasteiger partial charge in [0.25, 0.3) is 5.91 Å². The lowest BCUT2D eigenvalue weighted by Gasteiger charge is -2.20. The van der Waals surface area contributed by atoms with Crippen molar-refractivity contribution < 1.29 is 23.8 Å². The summed E-state index contributed by atoms with van der Waals surface area (Å²) in [6.07, 6.45) is 5.71. The number of aryl methyl sites for hydroxylation is 1. The summed E-state index contributed by atoms with van der Waals surface area (Å²) in [4.78, 5) is 25.5. The number of rotatable bonds is 10. The van der Waals surface area contributed by atoms with Gasteiger partial charge in [-0.1, -0.05) is 48.9 Å². The minimum atomic E-state index is -0.815. The summed E-state index contributed by atoms with van der Waals surface area (Å²) in [6.45, 7) is 4.39. The number of carboxylic acids is 1. The molecule has 0 aliphatic carbocycles. The van der Waals surface area contributed by atoms with Crippen LogP contribution in [-0.2, 0) is 11.3 Å². The van der Waals surface area contributed by atoms with Gasteiger partial charge in [-0.15, -0.1) is 0 Å². The van der Waals surface area contributed by atoms with Gasteiger partial charge in [0.2, 0.25) is 0 Å². The van der Waals surface area contributed by atoms with E-state index in [1.807, 2.05) is 61.5 Å². The number of carboxylic acid groups (broad SMARTS) is 1. The van der Waals surface area contributed by atoms with Crippen molar-refractivity contribution in [2.24, 2.45) is 5.92 Å². The molecule has 1 amide bonds. The Balaban J connectivity index is 1.63. The molecular weight excluding hydrogens is 418 g/mol. The molecule has 3 rings (SSSR count). The number of carbonyl (C=O) groups excluding carboxylic acids is 1. The molecule has 6 nitrogen and oxygen atoms in total. The molecule has 0 fully saturated rings. The quantitative estimate of drug-likeness (QED) is 0.411. The van der Waals surface area contributed by atoms with Crippen LogP contribution in [-0.4, -0.2) is 35.5 Å². The first kappa shape index (κ1) is 23.9. The van der Waals surface area contributed by atoms with Gasteiger partial charge in [-0.3, -0.25) is 9.59 Å². The molecule has 1 heterocycles. The van der Waals surface area contributed by atoms with E-state index in [1.54, 1.807) is 37.3 Å². The maximum atomic E-state index is 13.0. The van der Waals surface area contributed by atoms with Crippen molar-refractivity contribution in [2.75, 3.05) is 13.7 Å². The summed E-state index contributed by atoms with van der Waals surface area (Å²) in [7, 11) is 1.77. The van der Waals surface area contributed by atoms with Crippen LogP contribution < -0.4 is 4.74 Å². The second kappa shape index (κ2) is 11.2. The van der Waals surface area contributed by atoms with Crippen LogP contribution in [0.5, 0.6) is 5.75 Å². The van der Waals surface area contributed by atoms with Crippen LogP contribution in [0.25, 0.3) is 11.3 Å². The zero-order chi connectivity index (χ0) is 23.8. The highest BCUT2D eigenvalue weighted by atomic mass is 16.5. The number of aliphatic carboxylic acids is 1. The third kappa shape index (κ3) is 6.59. The highest BCUT2D eigenvalue weighted by Gasteiger charge is 2.15. The van der Waals surface area contributed by atoms with Crippen LogP contribution in [0.3, 0.4) is 0 Å². The van der Waals surface area contributed by atoms with Crippen LogP contribution >= 0.6 is 0 Å². The van der Waals surface area contributed by atoms with Gasteiger partial charge in [0.05, 0.1) is 12.2 Å². The van der Waals surface area contributed by atoms with Gasteiger partial charge in [0.15, 0.2) is 0 Å². The second-order valence-electron chi connectivity index (χ2n) is 8.08. The van der Waals surface area contributed by atoms with Crippen molar-refractivity contribution in [1.82, 2.24) is 4.90 Å². The summed E-state index contributed by atoms with van der Waals surface area (Å²) >= 11 is 0. The smallest absolute Gasteiger partial charge is 0.306 e. The number of furan rings is 1. The maximum absolute atomic E-state index is 13.0. The molecule has 0 spiro atoms. The minimum Gasteiger partial charge on any atom is -0.489 e. The zero-order valence-electron chi connectivity index (χ0n) is 19.2. The number of benzene rings is 2. The van der Waals surface area contributed by atoms with Gasteiger partial charge >= 0.3 is 5.97 Å². The molecule has 2 aromatic carbocycles. The normalized spacial score (nSPS) is 12.0. The fourth-order valence-corrected chi connectivity index (χ4v) is 3.35. The number of ether oxygens (including phenoxy) is 1. The number of allylic oxidation sites excluding steroid dienone is 1. The molecule has 0 aliphatic heterocycles. The second-order valence-corrected chi connectivity index (χ2v) is 8.08. The maximum Gasteiger partial charge on any atom is 0.306 e. The lowest BCUT2D eigenvalue weighted by atomic mass is 10.1. The number of hydrogen-bond donors (Lipinski definition) is 1. The molecule has 0 aliphatic rings. The fourth-order valence-electron chi connectivity index (χ4n) is 3.35. The average Bonchev–Trinajstić information content (AvgIpc) is 3.34. The highest BCUT2D eigenvalue weighted by Crippen LogP contribution is 2.24. The van der Waals surface area contributed by atoms with E-state index in [-0.39, 0.29) is 5.91 Å². The van der Waals surface area contributed by atoms with Gasteiger partial charge in [-0.25, -0.2) is 0 Å². The number of carbonyl (C=O) groups is 2. The Kier molecular flexibility index (Phi) is 8.08. The Morgan fingerprint density at radius 1 is 1.12 bits per heavy atom. The molecule has 1 atom stereocenters. The van der Waals surface area contributed by atoms with E-state index < -0.39 is 11.9 Å². The largest absolute Gasteiger partial charge is 0.489 e. The van der Waals surface area contributed by atoms with Crippen molar-refractivity contribution in [3.05, 3.63) is 89.7 Å². The van der Waals surface area contributed by atoms with E-state index in [9.17, 15) is 9.59 Å². The van der Waals surface area contributed by atoms with Crippen LogP contribution in [0.15, 0.2) is 77.4 Å². The number of nitrogens with zero attached hydrogens (tertiary/aromatic N) is 1. The number of hydrogen-bond acceptors (Lipinski definition) is 4. The predicted octanol–water partition coefficient (Wildman–Crippen LogP) is 5.57. The molecule has 0 saturated heterocycles. The molecule has 0 radical (unpaired) electrons. The third-order valence-corrected chi connectivity index (χ3v) is 5.32. The molecule has 6 heteroatoms. The van der Waals surface area contributed by atoms with Crippen molar-refractivity contribution in [3.63, 3.8) is 0 Å². The monoisotopic (exact) mass is 447 g/mol. The Labute approximate surface area is 194 Å². The van der Waals surface area contributed by atoms with Crippen LogP contribution in [0.2, 0.25) is 0 Å². The van der Waals surface area contributed by atoms with Gasteiger partial charge in [0.1, 0.15) is 18.1 Å². The highest BCUT2D eigenvalue weighted by molar-refractivity contribution is 5.94. The first-order chi connectivity index (χ1) is 15.8. The fraction of sp³-hybridized carbons (Fsp3) is 0.259. The van der Waals surface area contributed by atoms with E-state index in [2.05, 4.69) is 0 Å². The van der Waals surface area contributed by atoms with E-state index in [1.165, 1.54) is 0 Å². The molecule has 33 heavy (non-hydrogen) atoms. The minimum absolute atomic E-state index is 0.0870. The van der Waals surface area contributed by atoms with Crippen LogP contribution in [0, 0.1) is 12.8 Å². The van der Waals surface area contributed by atoms with Crippen molar-refractivity contribution in [1.29, 1.82) is 0 Å². The van der Waals surface area contributed by atoms with Gasteiger partial charge < -0.3 is 19.2 Å². The zero-order valence-corrected chi connectivity index (χ0v) is 19.2. The van der Waals surface area contributed by atoms with Crippen LogP contribution in [0.4, 0.5) is 0 Å². The van der Waals surface area contributed by atoms with E-state index in [4.69, 9.17) is 14.3 Å². The standard InChI is InChI=1S/C27H29NO5/c1-19-9-14-25(32-15-5-4-7-20(2)27(30)31)23(17-19)18-28(3)26(29)22-12-10-21(11-13-22)24-8-6-16-33-24/h4-6,8-14,16-17,20H,7,15,18H2,1-3H3,(H,30,31). The summed E-state index contributed by atoms with van der Waals surface area (Å²) in [6, 6.07) is 16.9. The Morgan fingerprint density at radius 2 is 1.88 bits per heavy atom. The summed E-state index contributed by atoms with van der Waals surface area (Å²) in [5.41, 5.74) is 3.50. The molecule has 0 bridgehead atoms. The van der Waals surface area contributed by atoms with Crippen molar-refractivity contribution >= 4 is 11.9 Å². The molecule has 0 saturated carbocycles. The first-order valence-corrected chi connectivity index (χ1v) is 10.8. The summed E-state index contributed by atoms with van der Waals surface area (Å²) in [5.74, 6) is 0.129. The first-order valence-electron chi connectivity index (χ1n) is 10.8. The topological polar surface area (TPSA) is 80.0 Å². The molecule has 1 N–H and O–H groups in total. The molecule has 3 aromatic rings. The Morgan fingerprint density at radius 3 is 2.55 bits per heavy atom. The summed E-state index contributed by atoms with van der Waals surface area (Å²) in [5, 5.41) is 8.95. The van der Waals surface area contributed by atoms with E-state index in [0.29, 0.717) is 30.9 Å². The molecular formula is C27H29NO5. The van der Waals surface area contributed by atoms with E-state index in [0.717, 1.165) is 22.5 Å². The lowest BCUT2D eigenvalue weighted by Crippen LogP contribution is -2.26. The van der Waals surface area contributed by atoms with Gasteiger partial charge in [0, 0.05) is 30.3 Å². The lowest BCUT2D eigenvalue weighted by molar-refractivity contribution is -0.140. The average molecular weight is 448 g/mol. The molecule has 172 valence electrons. The Bertz CT molecular complexity index is 1100. The molecule has 1 unspecified atom stereocenters. The SMILES string of the molecule is Cc1ccc(OCC=CCC(C)C(=O)O)c(CN(C)C(=O)c2ccc(-c3ccco3)cc2)c1. The summed E-state index contributed by atoms with van der Waals surface area (Å²) < 4.78 is 11.3. The Hall–Kier alpha value is -3.80. The van der Waals surface area contributed by atoms with Gasteiger partial charge in [-0.05, 0) is 43.7 Å².